The lowest BCUT2D eigenvalue weighted by Gasteiger charge is -2.18. The standard InChI is InChI=1S/C11H13N3O/c1-11(2,3)7-4-5-8-9(6-7)13-14-10(15)12-8/h4-6H,1-3H3,(H,12,14,15). The number of rotatable bonds is 0. The average Bonchev–Trinajstić information content (AvgIpc) is 2.15. The Balaban J connectivity index is 2.67. The van der Waals surface area contributed by atoms with Crippen molar-refractivity contribution >= 4 is 11.0 Å². The maximum absolute atomic E-state index is 10.9. The van der Waals surface area contributed by atoms with Crippen molar-refractivity contribution in [3.8, 4) is 0 Å². The predicted octanol–water partition coefficient (Wildman–Crippen LogP) is 1.62. The van der Waals surface area contributed by atoms with Crippen molar-refractivity contribution in [1.82, 2.24) is 15.2 Å². The number of hydrogen-bond donors (Lipinski definition) is 1. The number of aromatic nitrogens is 3. The smallest absolute Gasteiger partial charge is 0.244 e. The first-order chi connectivity index (χ1) is 6.97. The highest BCUT2D eigenvalue weighted by Gasteiger charge is 2.14. The highest BCUT2D eigenvalue weighted by molar-refractivity contribution is 5.74. The van der Waals surface area contributed by atoms with Crippen molar-refractivity contribution in [1.29, 1.82) is 0 Å². The molecule has 1 N–H and O–H groups in total. The molecule has 0 amide bonds. The first-order valence-corrected chi connectivity index (χ1v) is 4.84. The van der Waals surface area contributed by atoms with Gasteiger partial charge in [-0.25, -0.2) is 9.89 Å². The van der Waals surface area contributed by atoms with Crippen LogP contribution in [0.4, 0.5) is 0 Å². The minimum Gasteiger partial charge on any atom is -0.244 e. The first kappa shape index (κ1) is 9.83. The van der Waals surface area contributed by atoms with Gasteiger partial charge in [0.2, 0.25) is 0 Å². The molecule has 4 heteroatoms. The van der Waals surface area contributed by atoms with Gasteiger partial charge in [-0.3, -0.25) is 0 Å². The second kappa shape index (κ2) is 3.15. The number of fused-ring (bicyclic) bond motifs is 1. The minimum atomic E-state index is -0.411. The van der Waals surface area contributed by atoms with E-state index in [-0.39, 0.29) is 5.41 Å². The number of aromatic amines is 1. The molecule has 0 bridgehead atoms. The molecular formula is C11H13N3O. The molecule has 0 saturated heterocycles. The molecule has 15 heavy (non-hydrogen) atoms. The maximum atomic E-state index is 10.9. The minimum absolute atomic E-state index is 0.0754. The summed E-state index contributed by atoms with van der Waals surface area (Å²) in [5, 5.41) is 6.29. The summed E-state index contributed by atoms with van der Waals surface area (Å²) in [6, 6.07) is 5.77. The summed E-state index contributed by atoms with van der Waals surface area (Å²) in [6.45, 7) is 6.40. The van der Waals surface area contributed by atoms with E-state index in [1.807, 2.05) is 18.2 Å². The van der Waals surface area contributed by atoms with E-state index < -0.39 is 5.69 Å². The molecule has 0 aliphatic rings. The molecule has 4 nitrogen and oxygen atoms in total. The van der Waals surface area contributed by atoms with Crippen LogP contribution in [0.2, 0.25) is 0 Å². The summed E-state index contributed by atoms with van der Waals surface area (Å²) in [5.41, 5.74) is 2.20. The molecule has 1 aromatic carbocycles. The maximum Gasteiger partial charge on any atom is 0.361 e. The fraction of sp³-hybridized carbons (Fsp3) is 0.364. The molecule has 2 rings (SSSR count). The number of benzene rings is 1. The Labute approximate surface area is 87.4 Å². The Morgan fingerprint density at radius 2 is 1.93 bits per heavy atom. The van der Waals surface area contributed by atoms with Crippen molar-refractivity contribution in [2.45, 2.75) is 26.2 Å². The van der Waals surface area contributed by atoms with Gasteiger partial charge in [-0.05, 0) is 23.1 Å². The molecule has 0 atom stereocenters. The molecule has 0 saturated carbocycles. The van der Waals surface area contributed by atoms with Gasteiger partial charge >= 0.3 is 5.69 Å². The Hall–Kier alpha value is -1.71. The van der Waals surface area contributed by atoms with Crippen LogP contribution in [0.15, 0.2) is 23.0 Å². The van der Waals surface area contributed by atoms with E-state index >= 15 is 0 Å². The topological polar surface area (TPSA) is 58.6 Å². The summed E-state index contributed by atoms with van der Waals surface area (Å²) in [5.74, 6) is 0. The zero-order valence-electron chi connectivity index (χ0n) is 9.03. The summed E-state index contributed by atoms with van der Waals surface area (Å²) in [4.78, 5) is 14.8. The normalized spacial score (nSPS) is 11.9. The molecule has 0 fully saturated rings. The summed E-state index contributed by atoms with van der Waals surface area (Å²) in [7, 11) is 0. The molecule has 2 aromatic rings. The second-order valence-electron chi connectivity index (χ2n) is 4.59. The lowest BCUT2D eigenvalue weighted by molar-refractivity contribution is 0.591. The Morgan fingerprint density at radius 3 is 2.60 bits per heavy atom. The molecule has 78 valence electrons. The van der Waals surface area contributed by atoms with E-state index in [2.05, 4.69) is 36.0 Å². The van der Waals surface area contributed by atoms with Crippen molar-refractivity contribution in [3.05, 3.63) is 34.2 Å². The summed E-state index contributed by atoms with van der Waals surface area (Å²) < 4.78 is 0. The van der Waals surface area contributed by atoms with Crippen molar-refractivity contribution in [2.24, 2.45) is 0 Å². The van der Waals surface area contributed by atoms with Gasteiger partial charge in [0, 0.05) is 0 Å². The summed E-state index contributed by atoms with van der Waals surface area (Å²) >= 11 is 0. The van der Waals surface area contributed by atoms with Gasteiger partial charge in [0.25, 0.3) is 0 Å². The van der Waals surface area contributed by atoms with E-state index in [0.29, 0.717) is 5.52 Å². The molecule has 1 aromatic heterocycles. The number of H-pyrrole nitrogens is 1. The van der Waals surface area contributed by atoms with Crippen LogP contribution in [-0.2, 0) is 5.41 Å². The lowest BCUT2D eigenvalue weighted by Crippen LogP contribution is -2.14. The Morgan fingerprint density at radius 1 is 1.20 bits per heavy atom. The van der Waals surface area contributed by atoms with Gasteiger partial charge in [0.1, 0.15) is 5.52 Å². The zero-order chi connectivity index (χ0) is 11.1. The number of nitrogens with zero attached hydrogens (tertiary/aromatic N) is 2. The van der Waals surface area contributed by atoms with Crippen molar-refractivity contribution < 1.29 is 0 Å². The van der Waals surface area contributed by atoms with Crippen LogP contribution in [0.1, 0.15) is 26.3 Å². The van der Waals surface area contributed by atoms with Gasteiger partial charge in [-0.2, -0.15) is 10.1 Å². The second-order valence-corrected chi connectivity index (χ2v) is 4.59. The van der Waals surface area contributed by atoms with Crippen LogP contribution in [0.3, 0.4) is 0 Å². The fourth-order valence-corrected chi connectivity index (χ4v) is 1.42. The highest BCUT2D eigenvalue weighted by atomic mass is 16.1. The van der Waals surface area contributed by atoms with Crippen LogP contribution in [0.5, 0.6) is 0 Å². The predicted molar refractivity (Wildman–Crippen MR) is 58.9 cm³/mol. The Kier molecular flexibility index (Phi) is 2.07. The van der Waals surface area contributed by atoms with Gasteiger partial charge in [-0.1, -0.05) is 26.8 Å². The van der Waals surface area contributed by atoms with Crippen LogP contribution < -0.4 is 5.69 Å². The molecule has 0 aliphatic heterocycles. The quantitative estimate of drug-likeness (QED) is 0.707. The number of hydrogen-bond acceptors (Lipinski definition) is 3. The van der Waals surface area contributed by atoms with Crippen LogP contribution in [-0.4, -0.2) is 15.2 Å². The molecule has 0 aliphatic carbocycles. The third kappa shape index (κ3) is 1.88. The van der Waals surface area contributed by atoms with Crippen LogP contribution in [0, 0.1) is 0 Å². The van der Waals surface area contributed by atoms with E-state index in [0.717, 1.165) is 5.52 Å². The van der Waals surface area contributed by atoms with Crippen molar-refractivity contribution in [3.63, 3.8) is 0 Å². The average molecular weight is 203 g/mol. The SMILES string of the molecule is CC(C)(C)c1ccc2nc(=O)[nH]nc2c1. The van der Waals surface area contributed by atoms with Gasteiger partial charge in [-0.15, -0.1) is 0 Å². The largest absolute Gasteiger partial charge is 0.361 e. The van der Waals surface area contributed by atoms with Crippen molar-refractivity contribution in [2.75, 3.05) is 0 Å². The lowest BCUT2D eigenvalue weighted by atomic mass is 9.87. The highest BCUT2D eigenvalue weighted by Crippen LogP contribution is 2.23. The fourth-order valence-electron chi connectivity index (χ4n) is 1.42. The van der Waals surface area contributed by atoms with Gasteiger partial charge in [0.05, 0.1) is 5.52 Å². The summed E-state index contributed by atoms with van der Waals surface area (Å²) in [6.07, 6.45) is 0. The number of nitrogens with one attached hydrogen (secondary N) is 1. The third-order valence-electron chi connectivity index (χ3n) is 2.34. The van der Waals surface area contributed by atoms with E-state index in [1.165, 1.54) is 5.56 Å². The van der Waals surface area contributed by atoms with E-state index in [9.17, 15) is 4.79 Å². The molecule has 0 spiro atoms. The molecular weight excluding hydrogens is 190 g/mol. The molecule has 0 unspecified atom stereocenters. The Bertz CT molecular complexity index is 551. The van der Waals surface area contributed by atoms with Gasteiger partial charge in [0.15, 0.2) is 0 Å². The monoisotopic (exact) mass is 203 g/mol. The third-order valence-corrected chi connectivity index (χ3v) is 2.34. The van der Waals surface area contributed by atoms with E-state index in [4.69, 9.17) is 0 Å². The van der Waals surface area contributed by atoms with Crippen LogP contribution >= 0.6 is 0 Å². The van der Waals surface area contributed by atoms with Crippen LogP contribution in [0.25, 0.3) is 11.0 Å². The molecule has 1 heterocycles. The molecule has 0 radical (unpaired) electrons. The zero-order valence-corrected chi connectivity index (χ0v) is 9.03. The van der Waals surface area contributed by atoms with Gasteiger partial charge < -0.3 is 0 Å². The first-order valence-electron chi connectivity index (χ1n) is 4.84. The van der Waals surface area contributed by atoms with E-state index in [1.54, 1.807) is 0 Å².